The van der Waals surface area contributed by atoms with Gasteiger partial charge in [-0.2, -0.15) is 0 Å². The molecule has 0 aliphatic carbocycles. The quantitative estimate of drug-likeness (QED) is 0.772. The van der Waals surface area contributed by atoms with Crippen molar-refractivity contribution in [1.82, 2.24) is 0 Å². The largest absolute Gasteiger partial charge is 0.491 e. The van der Waals surface area contributed by atoms with Crippen LogP contribution in [0.2, 0.25) is 0 Å². The molecule has 0 radical (unpaired) electrons. The lowest BCUT2D eigenvalue weighted by molar-refractivity contribution is 0.179. The minimum atomic E-state index is -0.0569. The van der Waals surface area contributed by atoms with E-state index in [2.05, 4.69) is 0 Å². The normalized spacial score (nSPS) is 24.2. The van der Waals surface area contributed by atoms with Gasteiger partial charge in [0.25, 0.3) is 0 Å². The first-order valence-electron chi connectivity index (χ1n) is 6.43. The molecule has 0 amide bonds. The zero-order valence-electron chi connectivity index (χ0n) is 10.4. The van der Waals surface area contributed by atoms with E-state index in [9.17, 15) is 0 Å². The highest BCUT2D eigenvalue weighted by molar-refractivity contribution is 5.85. The second kappa shape index (κ2) is 4.40. The van der Waals surface area contributed by atoms with Crippen molar-refractivity contribution in [2.24, 2.45) is 0 Å². The maximum Gasteiger partial charge on any atom is 0.223 e. The molecule has 2 aliphatic rings. The summed E-state index contributed by atoms with van der Waals surface area (Å²) in [6, 6.07) is 12.1. The van der Waals surface area contributed by atoms with E-state index in [1.54, 1.807) is 0 Å². The maximum atomic E-state index is 5.67. The molecule has 4 nitrogen and oxygen atoms in total. The van der Waals surface area contributed by atoms with Gasteiger partial charge in [0.2, 0.25) is 6.29 Å². The molecule has 4 heteroatoms. The zero-order valence-corrected chi connectivity index (χ0v) is 10.4. The molecule has 2 saturated heterocycles. The van der Waals surface area contributed by atoms with Crippen molar-refractivity contribution in [2.75, 3.05) is 19.8 Å². The van der Waals surface area contributed by atoms with Crippen LogP contribution in [0.25, 0.3) is 10.8 Å². The lowest BCUT2D eigenvalue weighted by Crippen LogP contribution is -2.03. The lowest BCUT2D eigenvalue weighted by atomic mass is 10.1. The van der Waals surface area contributed by atoms with E-state index < -0.39 is 0 Å². The highest BCUT2D eigenvalue weighted by Gasteiger charge is 2.24. The van der Waals surface area contributed by atoms with Crippen molar-refractivity contribution in [1.29, 1.82) is 0 Å². The van der Waals surface area contributed by atoms with Crippen molar-refractivity contribution >= 4 is 10.8 Å². The molecular weight excluding hydrogens is 244 g/mol. The van der Waals surface area contributed by atoms with Gasteiger partial charge in [-0.05, 0) is 35.0 Å². The molecule has 0 spiro atoms. The second-order valence-electron chi connectivity index (χ2n) is 4.82. The highest BCUT2D eigenvalue weighted by atomic mass is 16.8. The number of hydrogen-bond donors (Lipinski definition) is 0. The lowest BCUT2D eigenvalue weighted by Gasteiger charge is -2.07. The van der Waals surface area contributed by atoms with Crippen LogP contribution in [0.4, 0.5) is 0 Å². The predicted octanol–water partition coefficient (Wildman–Crippen LogP) is 2.35. The Morgan fingerprint density at radius 3 is 2.32 bits per heavy atom. The van der Waals surface area contributed by atoms with Crippen LogP contribution in [0.1, 0.15) is 0 Å². The number of benzene rings is 2. The molecule has 19 heavy (non-hydrogen) atoms. The van der Waals surface area contributed by atoms with E-state index in [4.69, 9.17) is 18.9 Å². The number of rotatable bonds is 5. The summed E-state index contributed by atoms with van der Waals surface area (Å²) in [5.41, 5.74) is 0. The van der Waals surface area contributed by atoms with E-state index in [0.717, 1.165) is 28.9 Å². The van der Waals surface area contributed by atoms with Crippen molar-refractivity contribution < 1.29 is 18.9 Å². The Hall–Kier alpha value is -1.78. The van der Waals surface area contributed by atoms with Crippen molar-refractivity contribution in [3.8, 4) is 11.5 Å². The summed E-state index contributed by atoms with van der Waals surface area (Å²) in [5, 5.41) is 2.27. The van der Waals surface area contributed by atoms with Crippen molar-refractivity contribution in [3.63, 3.8) is 0 Å². The van der Waals surface area contributed by atoms with E-state index in [1.165, 1.54) is 0 Å². The first-order valence-corrected chi connectivity index (χ1v) is 6.43. The third-order valence-corrected chi connectivity index (χ3v) is 3.19. The standard InChI is InChI=1S/C15H14O4/c1-3-12(16-7-14-8-17-14)5-10-2-4-13(6-11(1)10)19-15-9-18-15/h1-6,14-15H,7-9H2. The monoisotopic (exact) mass is 258 g/mol. The molecule has 2 unspecified atom stereocenters. The van der Waals surface area contributed by atoms with Gasteiger partial charge >= 0.3 is 0 Å². The summed E-state index contributed by atoms with van der Waals surface area (Å²) in [6.45, 7) is 2.14. The van der Waals surface area contributed by atoms with Gasteiger partial charge in [0.1, 0.15) is 30.8 Å². The maximum absolute atomic E-state index is 5.67. The van der Waals surface area contributed by atoms with Gasteiger partial charge in [-0.15, -0.1) is 0 Å². The molecule has 2 fully saturated rings. The molecular formula is C15H14O4. The minimum absolute atomic E-state index is 0.0569. The molecule has 0 N–H and O–H groups in total. The smallest absolute Gasteiger partial charge is 0.223 e. The molecule has 2 aromatic carbocycles. The molecule has 0 saturated carbocycles. The van der Waals surface area contributed by atoms with Crippen LogP contribution in [0.3, 0.4) is 0 Å². The van der Waals surface area contributed by atoms with Crippen LogP contribution in [-0.2, 0) is 9.47 Å². The molecule has 2 atom stereocenters. The summed E-state index contributed by atoms with van der Waals surface area (Å²) in [6.07, 6.45) is 0.226. The van der Waals surface area contributed by atoms with Crippen molar-refractivity contribution in [2.45, 2.75) is 12.4 Å². The summed E-state index contributed by atoms with van der Waals surface area (Å²) in [4.78, 5) is 0. The average Bonchev–Trinajstić information content (AvgIpc) is 3.31. The number of ether oxygens (including phenoxy) is 4. The molecule has 0 bridgehead atoms. The number of fused-ring (bicyclic) bond motifs is 1. The predicted molar refractivity (Wildman–Crippen MR) is 69.6 cm³/mol. The summed E-state index contributed by atoms with van der Waals surface area (Å²) >= 11 is 0. The van der Waals surface area contributed by atoms with Crippen molar-refractivity contribution in [3.05, 3.63) is 36.4 Å². The van der Waals surface area contributed by atoms with E-state index in [0.29, 0.717) is 13.2 Å². The first kappa shape index (κ1) is 11.1. The Morgan fingerprint density at radius 1 is 0.947 bits per heavy atom. The Morgan fingerprint density at radius 2 is 1.63 bits per heavy atom. The van der Waals surface area contributed by atoms with E-state index in [1.807, 2.05) is 36.4 Å². The summed E-state index contributed by atoms with van der Waals surface area (Å²) < 4.78 is 21.4. The Bertz CT molecular complexity index is 602. The summed E-state index contributed by atoms with van der Waals surface area (Å²) in [7, 11) is 0. The van der Waals surface area contributed by atoms with Crippen LogP contribution in [0, 0.1) is 0 Å². The molecule has 4 rings (SSSR count). The van der Waals surface area contributed by atoms with Gasteiger partial charge in [-0.25, -0.2) is 0 Å². The fourth-order valence-electron chi connectivity index (χ4n) is 1.98. The molecule has 98 valence electrons. The van der Waals surface area contributed by atoms with Crippen LogP contribution < -0.4 is 9.47 Å². The first-order chi connectivity index (χ1) is 9.37. The SMILES string of the molecule is c1cc2cc(OC3CO3)ccc2cc1OCC1CO1. The Kier molecular flexibility index (Phi) is 2.57. The molecule has 0 aromatic heterocycles. The van der Waals surface area contributed by atoms with E-state index in [-0.39, 0.29) is 12.4 Å². The number of hydrogen-bond acceptors (Lipinski definition) is 4. The second-order valence-corrected chi connectivity index (χ2v) is 4.82. The van der Waals surface area contributed by atoms with Gasteiger partial charge in [0.15, 0.2) is 0 Å². The van der Waals surface area contributed by atoms with Gasteiger partial charge in [0, 0.05) is 0 Å². The van der Waals surface area contributed by atoms with Crippen LogP contribution >= 0.6 is 0 Å². The number of epoxide rings is 2. The van der Waals surface area contributed by atoms with E-state index >= 15 is 0 Å². The minimum Gasteiger partial charge on any atom is -0.491 e. The molecule has 2 aromatic rings. The zero-order chi connectivity index (χ0) is 12.7. The summed E-state index contributed by atoms with van der Waals surface area (Å²) in [5.74, 6) is 1.72. The van der Waals surface area contributed by atoms with Crippen LogP contribution in [0.15, 0.2) is 36.4 Å². The molecule has 2 aliphatic heterocycles. The third kappa shape index (κ3) is 2.64. The van der Waals surface area contributed by atoms with Gasteiger partial charge < -0.3 is 18.9 Å². The molecule has 2 heterocycles. The van der Waals surface area contributed by atoms with Crippen LogP contribution in [0.5, 0.6) is 11.5 Å². The highest BCUT2D eigenvalue weighted by Crippen LogP contribution is 2.27. The van der Waals surface area contributed by atoms with Gasteiger partial charge in [-0.1, -0.05) is 12.1 Å². The third-order valence-electron chi connectivity index (χ3n) is 3.19. The fourth-order valence-corrected chi connectivity index (χ4v) is 1.98. The fraction of sp³-hybridized carbons (Fsp3) is 0.333. The average molecular weight is 258 g/mol. The van der Waals surface area contributed by atoms with Crippen LogP contribution in [-0.4, -0.2) is 32.2 Å². The topological polar surface area (TPSA) is 43.5 Å². The van der Waals surface area contributed by atoms with Gasteiger partial charge in [0.05, 0.1) is 6.61 Å². The van der Waals surface area contributed by atoms with Gasteiger partial charge in [-0.3, -0.25) is 0 Å². The Labute approximate surface area is 110 Å². The Balaban J connectivity index is 1.54.